The van der Waals surface area contributed by atoms with Crippen molar-refractivity contribution in [2.45, 2.75) is 71.4 Å². The first-order valence-electron chi connectivity index (χ1n) is 9.19. The standard InChI is InChI=1S/C18H33N3O2S/c1-18(2,3)9-16(22)21-12-24-11-15(21)17(23)20-14(10-19)13-7-5-4-6-8-13/h13-15H,4-12,19H2,1-3H3,(H,20,23). The van der Waals surface area contributed by atoms with Gasteiger partial charge in [0.25, 0.3) is 0 Å². The van der Waals surface area contributed by atoms with Crippen LogP contribution in [0.25, 0.3) is 0 Å². The summed E-state index contributed by atoms with van der Waals surface area (Å²) in [6.07, 6.45) is 6.51. The van der Waals surface area contributed by atoms with Crippen molar-refractivity contribution in [2.75, 3.05) is 18.2 Å². The first-order chi connectivity index (χ1) is 11.3. The molecule has 0 aromatic heterocycles. The molecule has 0 radical (unpaired) electrons. The van der Waals surface area contributed by atoms with E-state index in [2.05, 4.69) is 26.1 Å². The summed E-state index contributed by atoms with van der Waals surface area (Å²) in [6, 6.07) is -0.301. The van der Waals surface area contributed by atoms with Crippen molar-refractivity contribution in [1.82, 2.24) is 10.2 Å². The van der Waals surface area contributed by atoms with E-state index < -0.39 is 0 Å². The van der Waals surface area contributed by atoms with Crippen LogP contribution in [0.3, 0.4) is 0 Å². The molecular formula is C18H33N3O2S. The molecule has 24 heavy (non-hydrogen) atoms. The minimum atomic E-state index is -0.345. The van der Waals surface area contributed by atoms with E-state index >= 15 is 0 Å². The summed E-state index contributed by atoms with van der Waals surface area (Å²) in [4.78, 5) is 27.1. The van der Waals surface area contributed by atoms with Gasteiger partial charge < -0.3 is 16.0 Å². The Labute approximate surface area is 150 Å². The smallest absolute Gasteiger partial charge is 0.243 e. The van der Waals surface area contributed by atoms with Crippen molar-refractivity contribution in [3.05, 3.63) is 0 Å². The fourth-order valence-electron chi connectivity index (χ4n) is 3.65. The number of nitrogens with zero attached hydrogens (tertiary/aromatic N) is 1. The molecule has 2 amide bonds. The predicted molar refractivity (Wildman–Crippen MR) is 99.6 cm³/mol. The van der Waals surface area contributed by atoms with Gasteiger partial charge in [0.2, 0.25) is 11.8 Å². The molecule has 1 saturated carbocycles. The maximum atomic E-state index is 12.8. The van der Waals surface area contributed by atoms with Crippen molar-refractivity contribution < 1.29 is 9.59 Å². The van der Waals surface area contributed by atoms with E-state index in [0.29, 0.717) is 30.5 Å². The third kappa shape index (κ3) is 5.38. The van der Waals surface area contributed by atoms with Gasteiger partial charge in [-0.3, -0.25) is 9.59 Å². The van der Waals surface area contributed by atoms with Crippen molar-refractivity contribution in [3.8, 4) is 0 Å². The fourth-order valence-corrected chi connectivity index (χ4v) is 4.83. The van der Waals surface area contributed by atoms with Gasteiger partial charge in [0, 0.05) is 24.8 Å². The molecule has 0 bridgehead atoms. The van der Waals surface area contributed by atoms with E-state index in [1.807, 2.05) is 0 Å². The highest BCUT2D eigenvalue weighted by atomic mass is 32.2. The zero-order valence-electron chi connectivity index (χ0n) is 15.3. The van der Waals surface area contributed by atoms with Crippen LogP contribution in [0.2, 0.25) is 0 Å². The van der Waals surface area contributed by atoms with Gasteiger partial charge in [-0.1, -0.05) is 40.0 Å². The lowest BCUT2D eigenvalue weighted by Gasteiger charge is -2.32. The van der Waals surface area contributed by atoms with E-state index in [9.17, 15) is 9.59 Å². The molecule has 1 aliphatic heterocycles. The van der Waals surface area contributed by atoms with Crippen LogP contribution in [0.1, 0.15) is 59.3 Å². The molecule has 138 valence electrons. The first-order valence-corrected chi connectivity index (χ1v) is 10.3. The van der Waals surface area contributed by atoms with E-state index in [0.717, 1.165) is 12.8 Å². The lowest BCUT2D eigenvalue weighted by Crippen LogP contribution is -2.54. The van der Waals surface area contributed by atoms with Gasteiger partial charge in [-0.25, -0.2) is 0 Å². The Kier molecular flexibility index (Phi) is 6.99. The molecular weight excluding hydrogens is 322 g/mol. The monoisotopic (exact) mass is 355 g/mol. The highest BCUT2D eigenvalue weighted by Gasteiger charge is 2.37. The number of carbonyl (C=O) groups is 2. The van der Waals surface area contributed by atoms with Crippen LogP contribution >= 0.6 is 11.8 Å². The van der Waals surface area contributed by atoms with Crippen molar-refractivity contribution >= 4 is 23.6 Å². The lowest BCUT2D eigenvalue weighted by molar-refractivity contribution is -0.139. The highest BCUT2D eigenvalue weighted by Crippen LogP contribution is 2.28. The average molecular weight is 356 g/mol. The third-order valence-corrected chi connectivity index (χ3v) is 6.00. The largest absolute Gasteiger partial charge is 0.350 e. The molecule has 5 nitrogen and oxygen atoms in total. The van der Waals surface area contributed by atoms with Gasteiger partial charge in [-0.05, 0) is 24.2 Å². The molecule has 1 heterocycles. The molecule has 1 saturated heterocycles. The van der Waals surface area contributed by atoms with Gasteiger partial charge in [-0.15, -0.1) is 11.8 Å². The van der Waals surface area contributed by atoms with Crippen LogP contribution in [0, 0.1) is 11.3 Å². The maximum absolute atomic E-state index is 12.8. The Bertz CT molecular complexity index is 444. The van der Waals surface area contributed by atoms with Crippen LogP contribution in [0.15, 0.2) is 0 Å². The molecule has 6 heteroatoms. The second-order valence-corrected chi connectivity index (χ2v) is 9.37. The average Bonchev–Trinajstić information content (AvgIpc) is 3.01. The van der Waals surface area contributed by atoms with E-state index in [-0.39, 0.29) is 29.3 Å². The lowest BCUT2D eigenvalue weighted by atomic mass is 9.84. The normalized spacial score (nSPS) is 24.0. The second kappa shape index (κ2) is 8.56. The fraction of sp³-hybridized carbons (Fsp3) is 0.889. The zero-order valence-corrected chi connectivity index (χ0v) is 16.2. The number of nitrogens with two attached hydrogens (primary N) is 1. The maximum Gasteiger partial charge on any atom is 0.243 e. The summed E-state index contributed by atoms with van der Waals surface area (Å²) >= 11 is 1.66. The predicted octanol–water partition coefficient (Wildman–Crippen LogP) is 2.35. The summed E-state index contributed by atoms with van der Waals surface area (Å²) in [7, 11) is 0. The topological polar surface area (TPSA) is 75.4 Å². The van der Waals surface area contributed by atoms with Crippen LogP contribution in [0.4, 0.5) is 0 Å². The molecule has 0 aromatic carbocycles. The molecule has 1 aliphatic carbocycles. The summed E-state index contributed by atoms with van der Waals surface area (Å²) < 4.78 is 0. The van der Waals surface area contributed by atoms with E-state index in [1.165, 1.54) is 19.3 Å². The number of amides is 2. The van der Waals surface area contributed by atoms with Crippen LogP contribution in [0.5, 0.6) is 0 Å². The zero-order chi connectivity index (χ0) is 17.7. The van der Waals surface area contributed by atoms with Crippen molar-refractivity contribution in [1.29, 1.82) is 0 Å². The molecule has 2 atom stereocenters. The summed E-state index contributed by atoms with van der Waals surface area (Å²) in [5.41, 5.74) is 5.87. The van der Waals surface area contributed by atoms with Gasteiger partial charge in [0.05, 0.1) is 5.88 Å². The number of rotatable bonds is 5. The van der Waals surface area contributed by atoms with Crippen LogP contribution in [-0.2, 0) is 9.59 Å². The van der Waals surface area contributed by atoms with E-state index in [1.54, 1.807) is 16.7 Å². The second-order valence-electron chi connectivity index (χ2n) is 8.37. The summed E-state index contributed by atoms with van der Waals surface area (Å²) in [5, 5.41) is 3.15. The van der Waals surface area contributed by atoms with Gasteiger partial charge in [0.1, 0.15) is 6.04 Å². The third-order valence-electron chi connectivity index (χ3n) is 4.99. The Balaban J connectivity index is 1.95. The molecule has 2 fully saturated rings. The van der Waals surface area contributed by atoms with Gasteiger partial charge in [0.15, 0.2) is 0 Å². The molecule has 2 unspecified atom stereocenters. The Morgan fingerprint density at radius 1 is 1.25 bits per heavy atom. The quantitative estimate of drug-likeness (QED) is 0.794. The Morgan fingerprint density at radius 3 is 2.50 bits per heavy atom. The van der Waals surface area contributed by atoms with Gasteiger partial charge >= 0.3 is 0 Å². The minimum absolute atomic E-state index is 0.0247. The van der Waals surface area contributed by atoms with Crippen LogP contribution < -0.4 is 11.1 Å². The number of carbonyl (C=O) groups excluding carboxylic acids is 2. The SMILES string of the molecule is CC(C)(C)CC(=O)N1CSCC1C(=O)NC(CN)C1CCCCC1. The molecule has 2 rings (SSSR count). The molecule has 0 spiro atoms. The van der Waals surface area contributed by atoms with Gasteiger partial charge in [-0.2, -0.15) is 0 Å². The number of nitrogens with one attached hydrogen (secondary N) is 1. The number of thioether (sulfide) groups is 1. The molecule has 3 N–H and O–H groups in total. The summed E-state index contributed by atoms with van der Waals surface area (Å²) in [6.45, 7) is 6.64. The Morgan fingerprint density at radius 2 is 1.92 bits per heavy atom. The van der Waals surface area contributed by atoms with Crippen molar-refractivity contribution in [3.63, 3.8) is 0 Å². The minimum Gasteiger partial charge on any atom is -0.350 e. The van der Waals surface area contributed by atoms with Crippen molar-refractivity contribution in [2.24, 2.45) is 17.1 Å². The molecule has 0 aromatic rings. The Hall–Kier alpha value is -0.750. The summed E-state index contributed by atoms with van der Waals surface area (Å²) in [5.74, 6) is 1.84. The highest BCUT2D eigenvalue weighted by molar-refractivity contribution is 7.99. The van der Waals surface area contributed by atoms with Crippen LogP contribution in [-0.4, -0.2) is 47.0 Å². The molecule has 2 aliphatic rings. The first kappa shape index (κ1) is 19.6. The number of hydrogen-bond donors (Lipinski definition) is 2. The number of hydrogen-bond acceptors (Lipinski definition) is 4. The van der Waals surface area contributed by atoms with E-state index in [4.69, 9.17) is 5.73 Å².